The predicted octanol–water partition coefficient (Wildman–Crippen LogP) is 4.95. The SMILES string of the molecule is CCNC(Cc1ccc(CC)cn1)c1cccc(Br)c1Cl. The fourth-order valence-electron chi connectivity index (χ4n) is 2.32. The van der Waals surface area contributed by atoms with Crippen LogP contribution in [0.15, 0.2) is 41.0 Å². The van der Waals surface area contributed by atoms with Gasteiger partial charge in [-0.3, -0.25) is 4.98 Å². The quantitative estimate of drug-likeness (QED) is 0.781. The number of pyridine rings is 1. The Morgan fingerprint density at radius 1 is 1.24 bits per heavy atom. The van der Waals surface area contributed by atoms with E-state index in [1.165, 1.54) is 5.56 Å². The van der Waals surface area contributed by atoms with Crippen molar-refractivity contribution in [3.8, 4) is 0 Å². The zero-order chi connectivity index (χ0) is 15.2. The van der Waals surface area contributed by atoms with Crippen molar-refractivity contribution in [1.82, 2.24) is 10.3 Å². The molecule has 2 nitrogen and oxygen atoms in total. The molecule has 0 fully saturated rings. The smallest absolute Gasteiger partial charge is 0.0595 e. The van der Waals surface area contributed by atoms with Crippen molar-refractivity contribution in [2.24, 2.45) is 0 Å². The Balaban J connectivity index is 2.24. The molecule has 1 unspecified atom stereocenters. The monoisotopic (exact) mass is 366 g/mol. The third-order valence-electron chi connectivity index (χ3n) is 3.51. The highest BCUT2D eigenvalue weighted by atomic mass is 79.9. The van der Waals surface area contributed by atoms with Gasteiger partial charge in [-0.25, -0.2) is 0 Å². The summed E-state index contributed by atoms with van der Waals surface area (Å²) < 4.78 is 0.929. The number of aromatic nitrogens is 1. The average molecular weight is 368 g/mol. The van der Waals surface area contributed by atoms with E-state index in [0.717, 1.165) is 40.1 Å². The van der Waals surface area contributed by atoms with Crippen LogP contribution in [0.4, 0.5) is 0 Å². The molecular weight excluding hydrogens is 348 g/mol. The van der Waals surface area contributed by atoms with E-state index in [0.29, 0.717) is 0 Å². The van der Waals surface area contributed by atoms with Crippen LogP contribution in [-0.4, -0.2) is 11.5 Å². The lowest BCUT2D eigenvalue weighted by Crippen LogP contribution is -2.23. The molecule has 4 heteroatoms. The number of hydrogen-bond donors (Lipinski definition) is 1. The van der Waals surface area contributed by atoms with Crippen LogP contribution in [0.25, 0.3) is 0 Å². The molecule has 1 aromatic heterocycles. The first-order chi connectivity index (χ1) is 10.2. The summed E-state index contributed by atoms with van der Waals surface area (Å²) in [6, 6.07) is 10.5. The third kappa shape index (κ3) is 4.29. The van der Waals surface area contributed by atoms with Crippen LogP contribution in [0.5, 0.6) is 0 Å². The molecular formula is C17H20BrClN2. The van der Waals surface area contributed by atoms with Crippen LogP contribution in [0.3, 0.4) is 0 Å². The van der Waals surface area contributed by atoms with Gasteiger partial charge < -0.3 is 5.32 Å². The first-order valence-electron chi connectivity index (χ1n) is 7.26. The van der Waals surface area contributed by atoms with Gasteiger partial charge in [-0.05, 0) is 52.2 Å². The maximum atomic E-state index is 6.43. The molecule has 0 saturated carbocycles. The molecule has 0 aliphatic heterocycles. The minimum absolute atomic E-state index is 0.167. The fraction of sp³-hybridized carbons (Fsp3) is 0.353. The Bertz CT molecular complexity index is 584. The van der Waals surface area contributed by atoms with E-state index >= 15 is 0 Å². The summed E-state index contributed by atoms with van der Waals surface area (Å²) in [6.45, 7) is 5.13. The van der Waals surface area contributed by atoms with Gasteiger partial charge in [0.25, 0.3) is 0 Å². The second-order valence-corrected chi connectivity index (χ2v) is 6.20. The number of hydrogen-bond acceptors (Lipinski definition) is 2. The molecule has 2 rings (SSSR count). The van der Waals surface area contributed by atoms with E-state index < -0.39 is 0 Å². The largest absolute Gasteiger partial charge is 0.310 e. The lowest BCUT2D eigenvalue weighted by molar-refractivity contribution is 0.544. The maximum absolute atomic E-state index is 6.43. The van der Waals surface area contributed by atoms with Crippen molar-refractivity contribution in [3.63, 3.8) is 0 Å². The standard InChI is InChI=1S/C17H20BrClN2/c1-3-12-8-9-13(21-11-12)10-16(20-4-2)14-6-5-7-15(18)17(14)19/h5-9,11,16,20H,3-4,10H2,1-2H3. The summed E-state index contributed by atoms with van der Waals surface area (Å²) in [5.41, 5.74) is 3.45. The molecule has 0 radical (unpaired) electrons. The predicted molar refractivity (Wildman–Crippen MR) is 92.9 cm³/mol. The van der Waals surface area contributed by atoms with Crippen molar-refractivity contribution in [3.05, 3.63) is 62.8 Å². The first kappa shape index (κ1) is 16.5. The summed E-state index contributed by atoms with van der Waals surface area (Å²) in [4.78, 5) is 4.55. The van der Waals surface area contributed by atoms with E-state index in [1.807, 2.05) is 18.3 Å². The fourth-order valence-corrected chi connectivity index (χ4v) is 2.96. The Kier molecular flexibility index (Phi) is 6.22. The van der Waals surface area contributed by atoms with Crippen LogP contribution in [0, 0.1) is 0 Å². The zero-order valence-electron chi connectivity index (χ0n) is 12.4. The molecule has 1 N–H and O–H groups in total. The molecule has 21 heavy (non-hydrogen) atoms. The van der Waals surface area contributed by atoms with E-state index in [-0.39, 0.29) is 6.04 Å². The van der Waals surface area contributed by atoms with Crippen LogP contribution in [-0.2, 0) is 12.8 Å². The molecule has 1 atom stereocenters. The summed E-state index contributed by atoms with van der Waals surface area (Å²) in [5.74, 6) is 0. The summed E-state index contributed by atoms with van der Waals surface area (Å²) >= 11 is 9.92. The molecule has 0 bridgehead atoms. The van der Waals surface area contributed by atoms with Gasteiger partial charge in [0.05, 0.1) is 5.02 Å². The maximum Gasteiger partial charge on any atom is 0.0595 e. The van der Waals surface area contributed by atoms with Crippen LogP contribution >= 0.6 is 27.5 Å². The number of benzene rings is 1. The van der Waals surface area contributed by atoms with E-state index in [2.05, 4.69) is 58.3 Å². The van der Waals surface area contributed by atoms with Crippen molar-refractivity contribution in [2.75, 3.05) is 6.54 Å². The minimum atomic E-state index is 0.167. The number of likely N-dealkylation sites (N-methyl/N-ethyl adjacent to an activating group) is 1. The molecule has 1 aromatic carbocycles. The molecule has 0 aliphatic rings. The van der Waals surface area contributed by atoms with E-state index in [4.69, 9.17) is 11.6 Å². The minimum Gasteiger partial charge on any atom is -0.310 e. The first-order valence-corrected chi connectivity index (χ1v) is 8.43. The van der Waals surface area contributed by atoms with Crippen molar-refractivity contribution >= 4 is 27.5 Å². The zero-order valence-corrected chi connectivity index (χ0v) is 14.7. The van der Waals surface area contributed by atoms with Gasteiger partial charge in [0.1, 0.15) is 0 Å². The average Bonchev–Trinajstić information content (AvgIpc) is 2.50. The molecule has 0 amide bonds. The van der Waals surface area contributed by atoms with Crippen LogP contribution in [0.1, 0.15) is 36.7 Å². The van der Waals surface area contributed by atoms with Gasteiger partial charge in [0.2, 0.25) is 0 Å². The molecule has 2 aromatic rings. The highest BCUT2D eigenvalue weighted by Crippen LogP contribution is 2.31. The number of nitrogens with one attached hydrogen (secondary N) is 1. The molecule has 112 valence electrons. The van der Waals surface area contributed by atoms with Crippen molar-refractivity contribution in [2.45, 2.75) is 32.7 Å². The second-order valence-electron chi connectivity index (χ2n) is 4.97. The number of halogens is 2. The normalized spacial score (nSPS) is 12.4. The van der Waals surface area contributed by atoms with Gasteiger partial charge in [-0.2, -0.15) is 0 Å². The highest BCUT2D eigenvalue weighted by Gasteiger charge is 2.16. The second kappa shape index (κ2) is 7.92. The molecule has 0 saturated heterocycles. The van der Waals surface area contributed by atoms with Crippen LogP contribution in [0.2, 0.25) is 5.02 Å². The summed E-state index contributed by atoms with van der Waals surface area (Å²) in [5, 5.41) is 4.27. The van der Waals surface area contributed by atoms with E-state index in [1.54, 1.807) is 0 Å². The Labute approximate surface area is 140 Å². The summed E-state index contributed by atoms with van der Waals surface area (Å²) in [6.07, 6.45) is 3.80. The molecule has 0 aliphatic carbocycles. The van der Waals surface area contributed by atoms with Gasteiger partial charge in [-0.15, -0.1) is 0 Å². The lowest BCUT2D eigenvalue weighted by atomic mass is 10.0. The van der Waals surface area contributed by atoms with Gasteiger partial charge >= 0.3 is 0 Å². The number of rotatable bonds is 6. The van der Waals surface area contributed by atoms with Gasteiger partial charge in [-0.1, -0.05) is 43.6 Å². The Morgan fingerprint density at radius 2 is 2.05 bits per heavy atom. The summed E-state index contributed by atoms with van der Waals surface area (Å²) in [7, 11) is 0. The highest BCUT2D eigenvalue weighted by molar-refractivity contribution is 9.10. The topological polar surface area (TPSA) is 24.9 Å². The van der Waals surface area contributed by atoms with Gasteiger partial charge in [0, 0.05) is 28.8 Å². The number of nitrogens with zero attached hydrogens (tertiary/aromatic N) is 1. The van der Waals surface area contributed by atoms with Crippen molar-refractivity contribution in [1.29, 1.82) is 0 Å². The lowest BCUT2D eigenvalue weighted by Gasteiger charge is -2.20. The molecule has 0 spiro atoms. The Morgan fingerprint density at radius 3 is 2.67 bits per heavy atom. The Hall–Kier alpha value is -0.900. The van der Waals surface area contributed by atoms with Crippen LogP contribution < -0.4 is 5.32 Å². The molecule has 1 heterocycles. The van der Waals surface area contributed by atoms with Crippen molar-refractivity contribution < 1.29 is 0 Å². The third-order valence-corrected chi connectivity index (χ3v) is 4.83. The van der Waals surface area contributed by atoms with Gasteiger partial charge in [0.15, 0.2) is 0 Å². The van der Waals surface area contributed by atoms with E-state index in [9.17, 15) is 0 Å². The number of aryl methyl sites for hydroxylation is 1.